The van der Waals surface area contributed by atoms with Crippen molar-refractivity contribution in [2.45, 2.75) is 125 Å². The van der Waals surface area contributed by atoms with Crippen LogP contribution in [0, 0.1) is 45.3 Å². The molecular weight excluding hydrogens is 436 g/mol. The largest absolute Gasteiger partial charge is 0.392 e. The second-order valence-electron chi connectivity index (χ2n) is 14.6. The minimum atomic E-state index is -0.538. The Bertz CT molecular complexity index is 873. The molecule has 0 aliphatic heterocycles. The molecule has 0 aromatic rings. The zero-order valence-electron chi connectivity index (χ0n) is 23.9. The van der Waals surface area contributed by atoms with Gasteiger partial charge in [-0.2, -0.15) is 0 Å². The summed E-state index contributed by atoms with van der Waals surface area (Å²) in [6.45, 7) is 17.8. The van der Waals surface area contributed by atoms with Crippen molar-refractivity contribution in [2.75, 3.05) is 7.11 Å². The number of aliphatic hydroxyl groups excluding tert-OH is 2. The zero-order chi connectivity index (χ0) is 26.2. The van der Waals surface area contributed by atoms with Gasteiger partial charge in [-0.3, -0.25) is 4.79 Å². The van der Waals surface area contributed by atoms with Gasteiger partial charge >= 0.3 is 0 Å². The van der Waals surface area contributed by atoms with Crippen LogP contribution in [-0.4, -0.2) is 40.9 Å². The molecule has 0 heterocycles. The molecule has 3 saturated carbocycles. The molecule has 0 unspecified atom stereocenters. The Labute approximate surface area is 214 Å². The van der Waals surface area contributed by atoms with Gasteiger partial charge in [0.1, 0.15) is 5.78 Å². The highest BCUT2D eigenvalue weighted by Gasteiger charge is 2.70. The number of Topliss-reactive ketones (excluding diaryl/α,β-unsaturated/α-hetero) is 1. The molecule has 0 saturated heterocycles. The van der Waals surface area contributed by atoms with E-state index in [1.54, 1.807) is 7.11 Å². The summed E-state index contributed by atoms with van der Waals surface area (Å²) in [6, 6.07) is 0. The quantitative estimate of drug-likeness (QED) is 0.429. The number of hydrogen-bond donors (Lipinski definition) is 2. The number of allylic oxidation sites excluding steroid dienone is 1. The van der Waals surface area contributed by atoms with Crippen LogP contribution < -0.4 is 0 Å². The van der Waals surface area contributed by atoms with E-state index in [4.69, 9.17) is 4.74 Å². The molecule has 0 aromatic heterocycles. The van der Waals surface area contributed by atoms with Crippen LogP contribution in [0.15, 0.2) is 11.6 Å². The molecule has 4 aliphatic carbocycles. The highest BCUT2D eigenvalue weighted by atomic mass is 16.5. The molecule has 0 aromatic carbocycles. The van der Waals surface area contributed by atoms with Crippen molar-refractivity contribution in [3.63, 3.8) is 0 Å². The lowest BCUT2D eigenvalue weighted by molar-refractivity contribution is -0.172. The fourth-order valence-electron chi connectivity index (χ4n) is 9.48. The van der Waals surface area contributed by atoms with Crippen molar-refractivity contribution >= 4 is 5.78 Å². The first kappa shape index (κ1) is 27.3. The van der Waals surface area contributed by atoms with Crippen LogP contribution in [0.3, 0.4) is 0 Å². The second kappa shape index (κ2) is 8.67. The predicted octanol–water partition coefficient (Wildman–Crippen LogP) is 6.33. The Morgan fingerprint density at radius 3 is 2.37 bits per heavy atom. The summed E-state index contributed by atoms with van der Waals surface area (Å²) in [7, 11) is 1.67. The Hall–Kier alpha value is -0.710. The molecule has 0 spiro atoms. The van der Waals surface area contributed by atoms with Crippen molar-refractivity contribution in [3.8, 4) is 0 Å². The molecule has 0 amide bonds. The topological polar surface area (TPSA) is 66.8 Å². The summed E-state index contributed by atoms with van der Waals surface area (Å²) in [5.74, 6) is 2.03. The molecule has 9 atom stereocenters. The van der Waals surface area contributed by atoms with E-state index < -0.39 is 11.7 Å². The molecule has 4 nitrogen and oxygen atoms in total. The van der Waals surface area contributed by atoms with Gasteiger partial charge in [-0.05, 0) is 93.3 Å². The lowest BCUT2D eigenvalue weighted by Crippen LogP contribution is -2.63. The average Bonchev–Trinajstić information content (AvgIpc) is 3.05. The van der Waals surface area contributed by atoms with Crippen molar-refractivity contribution < 1.29 is 19.7 Å². The van der Waals surface area contributed by atoms with E-state index in [0.29, 0.717) is 30.0 Å². The average molecular weight is 489 g/mol. The number of fused-ring (bicyclic) bond motifs is 5. The first-order chi connectivity index (χ1) is 16.1. The van der Waals surface area contributed by atoms with Gasteiger partial charge in [0.15, 0.2) is 0 Å². The maximum absolute atomic E-state index is 14.2. The van der Waals surface area contributed by atoms with Crippen LogP contribution in [-0.2, 0) is 9.53 Å². The summed E-state index contributed by atoms with van der Waals surface area (Å²) in [4.78, 5) is 14.2. The van der Waals surface area contributed by atoms with E-state index in [-0.39, 0.29) is 33.7 Å². The van der Waals surface area contributed by atoms with Gasteiger partial charge in [-0.15, -0.1) is 0 Å². The monoisotopic (exact) mass is 488 g/mol. The number of aliphatic hydroxyl groups is 2. The zero-order valence-corrected chi connectivity index (χ0v) is 23.9. The molecule has 3 fully saturated rings. The summed E-state index contributed by atoms with van der Waals surface area (Å²) < 4.78 is 5.51. The lowest BCUT2D eigenvalue weighted by Gasteiger charge is -2.64. The molecule has 0 bridgehead atoms. The third-order valence-electron chi connectivity index (χ3n) is 12.6. The second-order valence-corrected chi connectivity index (χ2v) is 14.6. The fourth-order valence-corrected chi connectivity index (χ4v) is 9.48. The molecule has 4 heteroatoms. The van der Waals surface area contributed by atoms with Crippen LogP contribution >= 0.6 is 0 Å². The Balaban J connectivity index is 1.61. The van der Waals surface area contributed by atoms with Gasteiger partial charge in [0.05, 0.1) is 17.8 Å². The standard InChI is InChI=1S/C31H52O4/c1-19(10-14-25(33)28(4,5)35-9)20-16-17-29(6)23-13-11-21-22(12-15-24(32)27(21,2)3)31(23,8)26(34)18-30(20,29)7/h11,19-20,22-25,32-33H,10,12-18H2,1-9H3/t19-,20-,22-,23+,24+,25-,29+,30-,31+/m1/s1. The van der Waals surface area contributed by atoms with E-state index in [1.165, 1.54) is 18.4 Å². The van der Waals surface area contributed by atoms with E-state index >= 15 is 0 Å². The number of hydrogen-bond acceptors (Lipinski definition) is 4. The summed E-state index contributed by atoms with van der Waals surface area (Å²) in [6.07, 6.45) is 9.01. The smallest absolute Gasteiger partial charge is 0.140 e. The van der Waals surface area contributed by atoms with E-state index in [9.17, 15) is 15.0 Å². The number of carbonyl (C=O) groups excluding carboxylic acids is 1. The van der Waals surface area contributed by atoms with E-state index in [1.807, 2.05) is 13.8 Å². The summed E-state index contributed by atoms with van der Waals surface area (Å²) >= 11 is 0. The van der Waals surface area contributed by atoms with Crippen molar-refractivity contribution in [2.24, 2.45) is 45.3 Å². The van der Waals surface area contributed by atoms with Crippen LogP contribution in [0.2, 0.25) is 0 Å². The molecule has 4 aliphatic rings. The van der Waals surface area contributed by atoms with Gasteiger partial charge in [0.25, 0.3) is 0 Å². The third-order valence-corrected chi connectivity index (χ3v) is 12.6. The van der Waals surface area contributed by atoms with Crippen molar-refractivity contribution in [1.82, 2.24) is 0 Å². The van der Waals surface area contributed by atoms with Crippen LogP contribution in [0.1, 0.15) is 107 Å². The molecular formula is C31H52O4. The van der Waals surface area contributed by atoms with Gasteiger partial charge in [-0.1, -0.05) is 53.2 Å². The molecule has 200 valence electrons. The number of ether oxygens (including phenoxy) is 1. The number of rotatable bonds is 6. The summed E-state index contributed by atoms with van der Waals surface area (Å²) in [5, 5.41) is 21.5. The van der Waals surface area contributed by atoms with Crippen LogP contribution in [0.5, 0.6) is 0 Å². The first-order valence-electron chi connectivity index (χ1n) is 14.2. The molecule has 2 N–H and O–H groups in total. The maximum atomic E-state index is 14.2. The van der Waals surface area contributed by atoms with Crippen LogP contribution in [0.25, 0.3) is 0 Å². The lowest BCUT2D eigenvalue weighted by atomic mass is 9.38. The van der Waals surface area contributed by atoms with Crippen molar-refractivity contribution in [3.05, 3.63) is 11.6 Å². The fraction of sp³-hybridized carbons (Fsp3) is 0.903. The van der Waals surface area contributed by atoms with E-state index in [0.717, 1.165) is 32.1 Å². The minimum Gasteiger partial charge on any atom is -0.392 e. The predicted molar refractivity (Wildman–Crippen MR) is 141 cm³/mol. The highest BCUT2D eigenvalue weighted by Crippen LogP contribution is 2.74. The van der Waals surface area contributed by atoms with Crippen LogP contribution in [0.4, 0.5) is 0 Å². The molecule has 35 heavy (non-hydrogen) atoms. The van der Waals surface area contributed by atoms with Gasteiger partial charge in [0, 0.05) is 24.4 Å². The molecule has 4 rings (SSSR count). The third kappa shape index (κ3) is 3.75. The maximum Gasteiger partial charge on any atom is 0.140 e. The Kier molecular flexibility index (Phi) is 6.77. The number of methoxy groups -OCH3 is 1. The summed E-state index contributed by atoms with van der Waals surface area (Å²) in [5.41, 5.74) is 0.345. The van der Waals surface area contributed by atoms with Gasteiger partial charge in [0.2, 0.25) is 0 Å². The minimum absolute atomic E-state index is 0.00948. The molecule has 0 radical (unpaired) electrons. The van der Waals surface area contributed by atoms with Gasteiger partial charge < -0.3 is 14.9 Å². The highest BCUT2D eigenvalue weighted by molar-refractivity contribution is 5.88. The SMILES string of the molecule is COC(C)(C)[C@H](O)CC[C@@H](C)[C@H]1CC[C@@]2(C)[C@@H]3CC=C4[C@@H](CC[C@H](O)C4(C)C)[C@]3(C)C(=O)C[C@]12C. The van der Waals surface area contributed by atoms with Gasteiger partial charge in [-0.25, -0.2) is 0 Å². The Morgan fingerprint density at radius 1 is 1.09 bits per heavy atom. The normalized spacial score (nSPS) is 44.7. The Morgan fingerprint density at radius 2 is 1.74 bits per heavy atom. The first-order valence-corrected chi connectivity index (χ1v) is 14.2. The number of ketones is 1. The number of carbonyl (C=O) groups is 1. The van der Waals surface area contributed by atoms with Crippen molar-refractivity contribution in [1.29, 1.82) is 0 Å². The van der Waals surface area contributed by atoms with E-state index in [2.05, 4.69) is 47.6 Å².